The highest BCUT2D eigenvalue weighted by Crippen LogP contribution is 2.27. The summed E-state index contributed by atoms with van der Waals surface area (Å²) in [6.07, 6.45) is 2.11. The van der Waals surface area contributed by atoms with Gasteiger partial charge in [0.2, 0.25) is 0 Å². The van der Waals surface area contributed by atoms with Gasteiger partial charge in [-0.3, -0.25) is 10.1 Å². The number of hydrogen-bond acceptors (Lipinski definition) is 5. The number of likely N-dealkylation sites (tertiary alicyclic amines) is 1. The van der Waals surface area contributed by atoms with Gasteiger partial charge in [0.15, 0.2) is 0 Å². The number of anilines is 1. The first-order valence-electron chi connectivity index (χ1n) is 6.94. The molecule has 0 spiro atoms. The van der Waals surface area contributed by atoms with Crippen LogP contribution in [0.15, 0.2) is 18.2 Å². The van der Waals surface area contributed by atoms with Gasteiger partial charge in [0, 0.05) is 37.0 Å². The van der Waals surface area contributed by atoms with Gasteiger partial charge in [-0.05, 0) is 19.4 Å². The Balaban J connectivity index is 2.05. The van der Waals surface area contributed by atoms with Crippen molar-refractivity contribution in [1.82, 2.24) is 4.90 Å². The fraction of sp³-hybridized carbons (Fsp3) is 0.571. The standard InChI is InChI=1S/C14H21N3O3/c1-3-16-6-4-11(5-7-16)15-12-8-13(17(18)19)10-14(9-12)20-2/h8-11,15H,3-7H2,1-2H3. The number of nitrogens with zero attached hydrogens (tertiary/aromatic N) is 2. The fourth-order valence-electron chi connectivity index (χ4n) is 2.52. The summed E-state index contributed by atoms with van der Waals surface area (Å²) in [4.78, 5) is 12.9. The molecule has 0 amide bonds. The van der Waals surface area contributed by atoms with Crippen LogP contribution in [0.1, 0.15) is 19.8 Å². The molecule has 2 rings (SSSR count). The predicted octanol–water partition coefficient (Wildman–Crippen LogP) is 2.50. The number of non-ortho nitro benzene ring substituents is 1. The first kappa shape index (κ1) is 14.6. The minimum Gasteiger partial charge on any atom is -0.496 e. The van der Waals surface area contributed by atoms with Gasteiger partial charge in [0.1, 0.15) is 5.75 Å². The Labute approximate surface area is 118 Å². The van der Waals surface area contributed by atoms with Crippen molar-refractivity contribution in [3.8, 4) is 5.75 Å². The first-order chi connectivity index (χ1) is 9.62. The normalized spacial score (nSPS) is 16.9. The molecule has 0 atom stereocenters. The summed E-state index contributed by atoms with van der Waals surface area (Å²) in [6, 6.07) is 5.17. The van der Waals surface area contributed by atoms with Gasteiger partial charge >= 0.3 is 0 Å². The average Bonchev–Trinajstić information content (AvgIpc) is 2.47. The van der Waals surface area contributed by atoms with E-state index in [9.17, 15) is 10.1 Å². The summed E-state index contributed by atoms with van der Waals surface area (Å²) in [7, 11) is 1.52. The molecule has 1 saturated heterocycles. The quantitative estimate of drug-likeness (QED) is 0.662. The molecule has 1 aliphatic rings. The summed E-state index contributed by atoms with van der Waals surface area (Å²) >= 11 is 0. The van der Waals surface area contributed by atoms with E-state index in [1.807, 2.05) is 0 Å². The number of rotatable bonds is 5. The lowest BCUT2D eigenvalue weighted by molar-refractivity contribution is -0.384. The highest BCUT2D eigenvalue weighted by atomic mass is 16.6. The van der Waals surface area contributed by atoms with E-state index in [4.69, 9.17) is 4.74 Å². The molecule has 110 valence electrons. The largest absolute Gasteiger partial charge is 0.496 e. The van der Waals surface area contributed by atoms with Crippen molar-refractivity contribution in [1.29, 1.82) is 0 Å². The summed E-state index contributed by atoms with van der Waals surface area (Å²) in [5.41, 5.74) is 0.809. The third kappa shape index (κ3) is 3.60. The van der Waals surface area contributed by atoms with Crippen molar-refractivity contribution < 1.29 is 9.66 Å². The molecule has 1 N–H and O–H groups in total. The zero-order valence-electron chi connectivity index (χ0n) is 12.0. The molecule has 1 heterocycles. The highest BCUT2D eigenvalue weighted by molar-refractivity contribution is 5.56. The number of ether oxygens (including phenoxy) is 1. The number of nitro groups is 1. The lowest BCUT2D eigenvalue weighted by atomic mass is 10.0. The van der Waals surface area contributed by atoms with Crippen LogP contribution in [0.5, 0.6) is 5.75 Å². The van der Waals surface area contributed by atoms with Gasteiger partial charge in [-0.25, -0.2) is 0 Å². The summed E-state index contributed by atoms with van der Waals surface area (Å²) < 4.78 is 5.12. The van der Waals surface area contributed by atoms with E-state index in [1.54, 1.807) is 12.1 Å². The van der Waals surface area contributed by atoms with E-state index >= 15 is 0 Å². The summed E-state index contributed by atoms with van der Waals surface area (Å²) in [6.45, 7) is 5.39. The van der Waals surface area contributed by atoms with E-state index in [2.05, 4.69) is 17.1 Å². The second-order valence-corrected chi connectivity index (χ2v) is 5.03. The zero-order valence-corrected chi connectivity index (χ0v) is 12.0. The summed E-state index contributed by atoms with van der Waals surface area (Å²) in [5, 5.41) is 14.3. The van der Waals surface area contributed by atoms with Crippen LogP contribution in [0.25, 0.3) is 0 Å². The van der Waals surface area contributed by atoms with E-state index in [0.29, 0.717) is 11.8 Å². The molecular weight excluding hydrogens is 258 g/mol. The molecule has 0 aromatic heterocycles. The maximum absolute atomic E-state index is 10.9. The van der Waals surface area contributed by atoms with Crippen molar-refractivity contribution in [2.75, 3.05) is 32.1 Å². The van der Waals surface area contributed by atoms with E-state index in [1.165, 1.54) is 13.2 Å². The van der Waals surface area contributed by atoms with Gasteiger partial charge in [0.05, 0.1) is 18.1 Å². The average molecular weight is 279 g/mol. The molecule has 0 unspecified atom stereocenters. The van der Waals surface area contributed by atoms with Crippen molar-refractivity contribution in [3.05, 3.63) is 28.3 Å². The van der Waals surface area contributed by atoms with Gasteiger partial charge in [-0.1, -0.05) is 6.92 Å². The predicted molar refractivity (Wildman–Crippen MR) is 78.4 cm³/mol. The number of nitrogens with one attached hydrogen (secondary N) is 1. The molecule has 6 nitrogen and oxygen atoms in total. The molecule has 0 bridgehead atoms. The third-order valence-electron chi connectivity index (χ3n) is 3.74. The molecule has 0 aliphatic carbocycles. The van der Waals surface area contributed by atoms with Crippen LogP contribution in [0, 0.1) is 10.1 Å². The van der Waals surface area contributed by atoms with Crippen molar-refractivity contribution >= 4 is 11.4 Å². The van der Waals surface area contributed by atoms with Crippen LogP contribution in [-0.4, -0.2) is 42.6 Å². The molecule has 1 aromatic carbocycles. The molecule has 20 heavy (non-hydrogen) atoms. The number of benzene rings is 1. The minimum atomic E-state index is -0.395. The molecule has 6 heteroatoms. The Hall–Kier alpha value is -1.82. The second-order valence-electron chi connectivity index (χ2n) is 5.03. The Kier molecular flexibility index (Phi) is 4.79. The number of hydrogen-bond donors (Lipinski definition) is 1. The van der Waals surface area contributed by atoms with E-state index in [0.717, 1.165) is 38.2 Å². The van der Waals surface area contributed by atoms with Crippen molar-refractivity contribution in [2.45, 2.75) is 25.8 Å². The molecule has 1 fully saturated rings. The van der Waals surface area contributed by atoms with Crippen LogP contribution in [0.2, 0.25) is 0 Å². The van der Waals surface area contributed by atoms with E-state index < -0.39 is 4.92 Å². The lowest BCUT2D eigenvalue weighted by Crippen LogP contribution is -2.38. The van der Waals surface area contributed by atoms with Crippen LogP contribution in [0.4, 0.5) is 11.4 Å². The highest BCUT2D eigenvalue weighted by Gasteiger charge is 2.19. The number of methoxy groups -OCH3 is 1. The Morgan fingerprint density at radius 2 is 2.10 bits per heavy atom. The van der Waals surface area contributed by atoms with Crippen molar-refractivity contribution in [2.24, 2.45) is 0 Å². The Morgan fingerprint density at radius 1 is 1.40 bits per heavy atom. The van der Waals surface area contributed by atoms with Crippen LogP contribution in [-0.2, 0) is 0 Å². The fourth-order valence-corrected chi connectivity index (χ4v) is 2.52. The van der Waals surface area contributed by atoms with Crippen LogP contribution in [0.3, 0.4) is 0 Å². The second kappa shape index (κ2) is 6.56. The maximum atomic E-state index is 10.9. The Bertz CT molecular complexity index is 471. The molecule has 1 aliphatic heterocycles. The minimum absolute atomic E-state index is 0.0536. The van der Waals surface area contributed by atoms with Crippen molar-refractivity contribution in [3.63, 3.8) is 0 Å². The van der Waals surface area contributed by atoms with Gasteiger partial charge in [0.25, 0.3) is 5.69 Å². The lowest BCUT2D eigenvalue weighted by Gasteiger charge is -2.32. The molecule has 0 saturated carbocycles. The van der Waals surface area contributed by atoms with Gasteiger partial charge in [-0.15, -0.1) is 0 Å². The Morgan fingerprint density at radius 3 is 2.65 bits per heavy atom. The maximum Gasteiger partial charge on any atom is 0.275 e. The topological polar surface area (TPSA) is 67.6 Å². The number of piperidine rings is 1. The first-order valence-corrected chi connectivity index (χ1v) is 6.94. The van der Waals surface area contributed by atoms with Gasteiger partial charge in [-0.2, -0.15) is 0 Å². The van der Waals surface area contributed by atoms with E-state index in [-0.39, 0.29) is 5.69 Å². The monoisotopic (exact) mass is 279 g/mol. The third-order valence-corrected chi connectivity index (χ3v) is 3.74. The van der Waals surface area contributed by atoms with Crippen LogP contribution >= 0.6 is 0 Å². The SMILES string of the molecule is CCN1CCC(Nc2cc(OC)cc([N+](=O)[O-])c2)CC1. The molecule has 0 radical (unpaired) electrons. The van der Waals surface area contributed by atoms with Gasteiger partial charge < -0.3 is 15.0 Å². The summed E-state index contributed by atoms with van der Waals surface area (Å²) in [5.74, 6) is 0.507. The number of nitro benzene ring substituents is 1. The molecular formula is C14H21N3O3. The smallest absolute Gasteiger partial charge is 0.275 e. The zero-order chi connectivity index (χ0) is 14.5. The van der Waals surface area contributed by atoms with Crippen LogP contribution < -0.4 is 10.1 Å². The molecule has 1 aromatic rings.